The number of nitrogens with one attached hydrogen (secondary N) is 1. The van der Waals surface area contributed by atoms with Gasteiger partial charge in [-0.3, -0.25) is 14.8 Å². The van der Waals surface area contributed by atoms with E-state index in [4.69, 9.17) is 11.6 Å². The zero-order valence-electron chi connectivity index (χ0n) is 13.0. The Morgan fingerprint density at radius 2 is 2.17 bits per heavy atom. The Hall–Kier alpha value is -2.08. The lowest BCUT2D eigenvalue weighted by Gasteiger charge is -2.11. The molecule has 0 bridgehead atoms. The van der Waals surface area contributed by atoms with Crippen molar-refractivity contribution >= 4 is 23.0 Å². The van der Waals surface area contributed by atoms with Crippen molar-refractivity contribution in [1.29, 1.82) is 0 Å². The molecule has 0 aliphatic heterocycles. The number of aromatic nitrogens is 2. The highest BCUT2D eigenvalue weighted by atomic mass is 35.5. The number of nitro groups is 1. The molecule has 1 aromatic heterocycles. The van der Waals surface area contributed by atoms with Crippen LogP contribution >= 0.6 is 11.6 Å². The number of nitrogens with zero attached hydrogens (tertiary/aromatic N) is 3. The predicted octanol–water partition coefficient (Wildman–Crippen LogP) is 4.48. The Morgan fingerprint density at radius 1 is 1.43 bits per heavy atom. The maximum absolute atomic E-state index is 10.8. The first kappa shape index (κ1) is 15.8. The van der Waals surface area contributed by atoms with Gasteiger partial charge in [0.05, 0.1) is 33.9 Å². The van der Waals surface area contributed by atoms with Gasteiger partial charge in [0.15, 0.2) is 0 Å². The Morgan fingerprint density at radius 3 is 2.83 bits per heavy atom. The van der Waals surface area contributed by atoms with Crippen LogP contribution in [-0.2, 0) is 6.54 Å². The Kier molecular flexibility index (Phi) is 4.52. The van der Waals surface area contributed by atoms with Crippen LogP contribution in [0.2, 0.25) is 5.02 Å². The standard InChI is InChI=1S/C16H19ClN4O2/c1-11-8-14(21(22)23)9-15(17)16(11)18-10-12-6-7-20(19-12)13-4-2-3-5-13/h6-9,13,18H,2-5,10H2,1H3. The third-order valence-corrected chi connectivity index (χ3v) is 4.59. The summed E-state index contributed by atoms with van der Waals surface area (Å²) in [6, 6.07) is 5.41. The minimum Gasteiger partial charge on any atom is -0.378 e. The van der Waals surface area contributed by atoms with E-state index < -0.39 is 4.92 Å². The normalized spacial score (nSPS) is 15.0. The topological polar surface area (TPSA) is 73.0 Å². The lowest BCUT2D eigenvalue weighted by atomic mass is 10.1. The van der Waals surface area contributed by atoms with Crippen molar-refractivity contribution in [3.05, 3.63) is 50.8 Å². The number of benzene rings is 1. The van der Waals surface area contributed by atoms with Crippen LogP contribution in [0.25, 0.3) is 0 Å². The molecule has 1 saturated carbocycles. The van der Waals surface area contributed by atoms with Gasteiger partial charge < -0.3 is 5.32 Å². The van der Waals surface area contributed by atoms with Crippen LogP contribution in [0.3, 0.4) is 0 Å². The van der Waals surface area contributed by atoms with E-state index in [2.05, 4.69) is 10.4 Å². The largest absolute Gasteiger partial charge is 0.378 e. The van der Waals surface area contributed by atoms with Crippen molar-refractivity contribution in [2.75, 3.05) is 5.32 Å². The molecule has 122 valence electrons. The van der Waals surface area contributed by atoms with E-state index in [0.717, 1.165) is 11.3 Å². The van der Waals surface area contributed by atoms with Gasteiger partial charge in [-0.25, -0.2) is 0 Å². The van der Waals surface area contributed by atoms with Crippen molar-refractivity contribution in [2.24, 2.45) is 0 Å². The molecule has 1 fully saturated rings. The fourth-order valence-corrected chi connectivity index (χ4v) is 3.41. The fraction of sp³-hybridized carbons (Fsp3) is 0.438. The monoisotopic (exact) mass is 334 g/mol. The number of nitro benzene ring substituents is 1. The second-order valence-electron chi connectivity index (χ2n) is 5.96. The Balaban J connectivity index is 1.70. The molecule has 0 atom stereocenters. The summed E-state index contributed by atoms with van der Waals surface area (Å²) < 4.78 is 2.05. The van der Waals surface area contributed by atoms with E-state index in [-0.39, 0.29) is 5.69 Å². The summed E-state index contributed by atoms with van der Waals surface area (Å²) in [4.78, 5) is 10.4. The van der Waals surface area contributed by atoms with Gasteiger partial charge in [-0.1, -0.05) is 24.4 Å². The van der Waals surface area contributed by atoms with E-state index in [1.54, 1.807) is 6.92 Å². The maximum atomic E-state index is 10.8. The number of rotatable bonds is 5. The molecule has 1 aliphatic carbocycles. The van der Waals surface area contributed by atoms with Gasteiger partial charge in [0.2, 0.25) is 0 Å². The number of hydrogen-bond acceptors (Lipinski definition) is 4. The third-order valence-electron chi connectivity index (χ3n) is 4.29. The number of aryl methyl sites for hydroxylation is 1. The number of hydrogen-bond donors (Lipinski definition) is 1. The van der Waals surface area contributed by atoms with Crippen LogP contribution < -0.4 is 5.32 Å². The minimum atomic E-state index is -0.439. The van der Waals surface area contributed by atoms with E-state index in [0.29, 0.717) is 23.3 Å². The lowest BCUT2D eigenvalue weighted by molar-refractivity contribution is -0.384. The summed E-state index contributed by atoms with van der Waals surface area (Å²) in [5.74, 6) is 0. The molecular weight excluding hydrogens is 316 g/mol. The zero-order chi connectivity index (χ0) is 16.4. The molecule has 0 saturated heterocycles. The molecule has 1 heterocycles. The highest BCUT2D eigenvalue weighted by Crippen LogP contribution is 2.31. The van der Waals surface area contributed by atoms with Gasteiger partial charge in [-0.2, -0.15) is 5.10 Å². The Bertz CT molecular complexity index is 700. The van der Waals surface area contributed by atoms with Gasteiger partial charge in [0.25, 0.3) is 5.69 Å². The molecule has 0 radical (unpaired) electrons. The molecule has 2 aromatic rings. The van der Waals surface area contributed by atoms with Crippen molar-refractivity contribution in [2.45, 2.75) is 45.2 Å². The first-order valence-electron chi connectivity index (χ1n) is 7.77. The summed E-state index contributed by atoms with van der Waals surface area (Å²) in [6.45, 7) is 2.34. The van der Waals surface area contributed by atoms with Crippen LogP contribution in [0, 0.1) is 17.0 Å². The van der Waals surface area contributed by atoms with E-state index in [9.17, 15) is 10.1 Å². The van der Waals surface area contributed by atoms with Crippen molar-refractivity contribution < 1.29 is 4.92 Å². The average molecular weight is 335 g/mol. The quantitative estimate of drug-likeness (QED) is 0.646. The second-order valence-corrected chi connectivity index (χ2v) is 6.36. The van der Waals surface area contributed by atoms with Crippen molar-refractivity contribution in [3.8, 4) is 0 Å². The van der Waals surface area contributed by atoms with Crippen LogP contribution in [0.1, 0.15) is 43.0 Å². The van der Waals surface area contributed by atoms with E-state index in [1.165, 1.54) is 37.8 Å². The minimum absolute atomic E-state index is 0.00330. The smallest absolute Gasteiger partial charge is 0.271 e. The first-order chi connectivity index (χ1) is 11.0. The summed E-state index contributed by atoms with van der Waals surface area (Å²) in [7, 11) is 0. The molecule has 23 heavy (non-hydrogen) atoms. The number of halogens is 1. The maximum Gasteiger partial charge on any atom is 0.271 e. The molecule has 7 heteroatoms. The van der Waals surface area contributed by atoms with Gasteiger partial charge in [0, 0.05) is 18.3 Å². The molecular formula is C16H19ClN4O2. The molecule has 0 spiro atoms. The summed E-state index contributed by atoms with van der Waals surface area (Å²) in [5, 5.41) is 19.0. The van der Waals surface area contributed by atoms with E-state index >= 15 is 0 Å². The lowest BCUT2D eigenvalue weighted by Crippen LogP contribution is -2.07. The SMILES string of the molecule is Cc1cc([N+](=O)[O-])cc(Cl)c1NCc1ccn(C2CCCC2)n1. The highest BCUT2D eigenvalue weighted by Gasteiger charge is 2.18. The highest BCUT2D eigenvalue weighted by molar-refractivity contribution is 6.33. The molecule has 1 N–H and O–H groups in total. The van der Waals surface area contributed by atoms with Gasteiger partial charge in [-0.05, 0) is 31.4 Å². The molecule has 3 rings (SSSR count). The molecule has 6 nitrogen and oxygen atoms in total. The number of non-ortho nitro benzene ring substituents is 1. The second kappa shape index (κ2) is 6.58. The van der Waals surface area contributed by atoms with Gasteiger partial charge in [-0.15, -0.1) is 0 Å². The Labute approximate surface area is 139 Å². The summed E-state index contributed by atoms with van der Waals surface area (Å²) in [5.41, 5.74) is 2.40. The van der Waals surface area contributed by atoms with E-state index in [1.807, 2.05) is 16.9 Å². The van der Waals surface area contributed by atoms with Crippen molar-refractivity contribution in [3.63, 3.8) is 0 Å². The predicted molar refractivity (Wildman–Crippen MR) is 89.9 cm³/mol. The molecule has 0 amide bonds. The third kappa shape index (κ3) is 3.47. The summed E-state index contributed by atoms with van der Waals surface area (Å²) in [6.07, 6.45) is 6.96. The van der Waals surface area contributed by atoms with Crippen LogP contribution in [0.15, 0.2) is 24.4 Å². The fourth-order valence-electron chi connectivity index (χ4n) is 3.08. The van der Waals surface area contributed by atoms with Crippen LogP contribution in [-0.4, -0.2) is 14.7 Å². The van der Waals surface area contributed by atoms with Gasteiger partial charge in [0.1, 0.15) is 0 Å². The van der Waals surface area contributed by atoms with Crippen molar-refractivity contribution in [1.82, 2.24) is 9.78 Å². The van der Waals surface area contributed by atoms with Crippen LogP contribution in [0.4, 0.5) is 11.4 Å². The zero-order valence-corrected chi connectivity index (χ0v) is 13.7. The van der Waals surface area contributed by atoms with Gasteiger partial charge >= 0.3 is 0 Å². The first-order valence-corrected chi connectivity index (χ1v) is 8.15. The molecule has 0 unspecified atom stereocenters. The molecule has 1 aromatic carbocycles. The van der Waals surface area contributed by atoms with Crippen LogP contribution in [0.5, 0.6) is 0 Å². The summed E-state index contributed by atoms with van der Waals surface area (Å²) >= 11 is 6.16. The molecule has 1 aliphatic rings. The number of anilines is 1. The average Bonchev–Trinajstić information content (AvgIpc) is 3.17.